The molecule has 0 radical (unpaired) electrons. The van der Waals surface area contributed by atoms with Crippen molar-refractivity contribution in [3.05, 3.63) is 54.4 Å². The summed E-state index contributed by atoms with van der Waals surface area (Å²) in [5.41, 5.74) is 1.12. The first-order valence-corrected chi connectivity index (χ1v) is 14.4. The molecule has 1 aromatic heterocycles. The van der Waals surface area contributed by atoms with Gasteiger partial charge in [0.2, 0.25) is 10.0 Å². The number of esters is 1. The molecule has 1 N–H and O–H groups in total. The fourth-order valence-electron chi connectivity index (χ4n) is 3.41. The van der Waals surface area contributed by atoms with Crippen LogP contribution in [0.25, 0.3) is 0 Å². The van der Waals surface area contributed by atoms with Gasteiger partial charge >= 0.3 is 5.97 Å². The van der Waals surface area contributed by atoms with Gasteiger partial charge in [0.15, 0.2) is 9.84 Å². The Balaban J connectivity index is 1.80. The fraction of sp³-hybridized carbons (Fsp3) is 0.478. The van der Waals surface area contributed by atoms with Crippen LogP contribution in [0.2, 0.25) is 0 Å². The zero-order chi connectivity index (χ0) is 24.3. The molecule has 1 heterocycles. The topological polar surface area (TPSA) is 119 Å². The Morgan fingerprint density at radius 3 is 2.27 bits per heavy atom. The third-order valence-corrected chi connectivity index (χ3v) is 7.80. The van der Waals surface area contributed by atoms with E-state index in [2.05, 4.69) is 9.71 Å². The summed E-state index contributed by atoms with van der Waals surface area (Å²) in [6.07, 6.45) is 8.85. The number of sulfone groups is 1. The number of carbonyl (C=O) groups excluding carboxylic acids is 1. The second-order valence-electron chi connectivity index (χ2n) is 7.84. The van der Waals surface area contributed by atoms with Gasteiger partial charge in [-0.2, -0.15) is 0 Å². The third-order valence-electron chi connectivity index (χ3n) is 5.19. The molecule has 10 heteroatoms. The minimum atomic E-state index is -3.74. The van der Waals surface area contributed by atoms with Crippen molar-refractivity contribution in [1.82, 2.24) is 9.71 Å². The first-order chi connectivity index (χ1) is 15.6. The predicted molar refractivity (Wildman–Crippen MR) is 126 cm³/mol. The molecule has 0 bridgehead atoms. The lowest BCUT2D eigenvalue weighted by molar-refractivity contribution is -0.148. The summed E-state index contributed by atoms with van der Waals surface area (Å²) < 4.78 is 55.6. The van der Waals surface area contributed by atoms with Gasteiger partial charge in [0.05, 0.1) is 22.3 Å². The van der Waals surface area contributed by atoms with Crippen molar-refractivity contribution in [3.63, 3.8) is 0 Å². The second-order valence-corrected chi connectivity index (χ2v) is 11.6. The van der Waals surface area contributed by atoms with Crippen molar-refractivity contribution in [1.29, 1.82) is 0 Å². The maximum absolute atomic E-state index is 12.4. The molecule has 0 fully saturated rings. The number of aromatic nitrogens is 1. The van der Waals surface area contributed by atoms with Crippen LogP contribution >= 0.6 is 0 Å². The number of benzene rings is 1. The fourth-order valence-corrected chi connectivity index (χ4v) is 5.11. The Morgan fingerprint density at radius 2 is 1.67 bits per heavy atom. The summed E-state index contributed by atoms with van der Waals surface area (Å²) in [4.78, 5) is 16.5. The summed E-state index contributed by atoms with van der Waals surface area (Å²) in [6, 6.07) is 9.00. The smallest absolute Gasteiger partial charge is 0.308 e. The Hall–Kier alpha value is -2.30. The molecule has 0 saturated heterocycles. The Kier molecular flexibility index (Phi) is 10.5. The van der Waals surface area contributed by atoms with E-state index in [0.29, 0.717) is 32.3 Å². The number of nitrogens with zero attached hydrogens (tertiary/aromatic N) is 1. The van der Waals surface area contributed by atoms with Gasteiger partial charge in [-0.3, -0.25) is 9.78 Å². The van der Waals surface area contributed by atoms with Gasteiger partial charge in [0.1, 0.15) is 0 Å². The molecule has 0 saturated carbocycles. The zero-order valence-corrected chi connectivity index (χ0v) is 20.7. The van der Waals surface area contributed by atoms with Crippen molar-refractivity contribution in [2.24, 2.45) is 5.92 Å². The van der Waals surface area contributed by atoms with Crippen molar-refractivity contribution in [2.75, 3.05) is 19.4 Å². The van der Waals surface area contributed by atoms with E-state index in [9.17, 15) is 21.6 Å². The normalized spacial score (nSPS) is 12.9. The van der Waals surface area contributed by atoms with Crippen molar-refractivity contribution in [2.45, 2.75) is 55.2 Å². The molecular formula is C23H32N2O6S2. The van der Waals surface area contributed by atoms with E-state index < -0.39 is 19.9 Å². The summed E-state index contributed by atoms with van der Waals surface area (Å²) in [7, 11) is -7.12. The highest BCUT2D eigenvalue weighted by Gasteiger charge is 2.20. The first kappa shape index (κ1) is 26.9. The van der Waals surface area contributed by atoms with Crippen LogP contribution in [0.3, 0.4) is 0 Å². The molecule has 0 amide bonds. The minimum Gasteiger partial charge on any atom is -0.466 e. The Labute approximate surface area is 196 Å². The van der Waals surface area contributed by atoms with Crippen molar-refractivity contribution >= 4 is 25.8 Å². The van der Waals surface area contributed by atoms with Gasteiger partial charge in [0, 0.05) is 25.2 Å². The lowest BCUT2D eigenvalue weighted by Gasteiger charge is -2.15. The van der Waals surface area contributed by atoms with Crippen LogP contribution in [0, 0.1) is 5.92 Å². The Bertz CT molecular complexity index is 1090. The number of hydrogen-bond donors (Lipinski definition) is 1. The van der Waals surface area contributed by atoms with E-state index in [4.69, 9.17) is 4.74 Å². The van der Waals surface area contributed by atoms with E-state index >= 15 is 0 Å². The molecular weight excluding hydrogens is 464 g/mol. The van der Waals surface area contributed by atoms with Gasteiger partial charge in [0.25, 0.3) is 0 Å². The SMILES string of the molecule is CCOC(=O)C(CCCCNS(=O)(=O)c1ccc(S(C)(=O)=O)cc1)CCCc1cccnc1. The molecule has 0 aliphatic heterocycles. The predicted octanol–water partition coefficient (Wildman–Crippen LogP) is 3.14. The van der Waals surface area contributed by atoms with E-state index in [1.165, 1.54) is 24.3 Å². The molecule has 182 valence electrons. The van der Waals surface area contributed by atoms with Crippen LogP contribution in [0.15, 0.2) is 58.6 Å². The number of pyridine rings is 1. The monoisotopic (exact) mass is 496 g/mol. The molecule has 2 rings (SSSR count). The molecule has 0 aliphatic rings. The standard InChI is InChI=1S/C23H32N2O6S2/c1-3-31-23(26)20(11-6-8-19-9-7-16-24-18-19)10-4-5-17-25-33(29,30)22-14-12-21(13-15-22)32(2,27)28/h7,9,12-16,18,20,25H,3-6,8,10-11,17H2,1-2H3. The zero-order valence-electron chi connectivity index (χ0n) is 19.1. The van der Waals surface area contributed by atoms with Crippen LogP contribution in [-0.2, 0) is 35.8 Å². The highest BCUT2D eigenvalue weighted by molar-refractivity contribution is 7.90. The summed E-state index contributed by atoms with van der Waals surface area (Å²) >= 11 is 0. The maximum Gasteiger partial charge on any atom is 0.308 e. The summed E-state index contributed by atoms with van der Waals surface area (Å²) in [6.45, 7) is 2.33. The van der Waals surface area contributed by atoms with Crippen LogP contribution < -0.4 is 4.72 Å². The highest BCUT2D eigenvalue weighted by Crippen LogP contribution is 2.19. The number of rotatable bonds is 14. The lowest BCUT2D eigenvalue weighted by atomic mass is 9.95. The number of sulfonamides is 1. The quantitative estimate of drug-likeness (QED) is 0.315. The average molecular weight is 497 g/mol. The van der Waals surface area contributed by atoms with Crippen LogP contribution in [0.4, 0.5) is 0 Å². The van der Waals surface area contributed by atoms with Crippen LogP contribution in [-0.4, -0.2) is 47.2 Å². The number of carbonyl (C=O) groups is 1. The third kappa shape index (κ3) is 9.23. The largest absolute Gasteiger partial charge is 0.466 e. The number of hydrogen-bond acceptors (Lipinski definition) is 7. The van der Waals surface area contributed by atoms with Gasteiger partial charge in [-0.05, 0) is 74.9 Å². The molecule has 33 heavy (non-hydrogen) atoms. The highest BCUT2D eigenvalue weighted by atomic mass is 32.2. The van der Waals surface area contributed by atoms with Crippen molar-refractivity contribution < 1.29 is 26.4 Å². The van der Waals surface area contributed by atoms with Gasteiger partial charge < -0.3 is 4.74 Å². The van der Waals surface area contributed by atoms with E-state index in [0.717, 1.165) is 24.7 Å². The van der Waals surface area contributed by atoms with Crippen molar-refractivity contribution in [3.8, 4) is 0 Å². The van der Waals surface area contributed by atoms with Gasteiger partial charge in [-0.25, -0.2) is 21.6 Å². The number of nitrogens with one attached hydrogen (secondary N) is 1. The van der Waals surface area contributed by atoms with E-state index in [1.807, 2.05) is 18.3 Å². The summed E-state index contributed by atoms with van der Waals surface area (Å²) in [5.74, 6) is -0.433. The van der Waals surface area contributed by atoms with E-state index in [1.54, 1.807) is 13.1 Å². The number of ether oxygens (including phenoxy) is 1. The molecule has 1 aromatic carbocycles. The average Bonchev–Trinajstić information content (AvgIpc) is 2.78. The van der Waals surface area contributed by atoms with E-state index in [-0.39, 0.29) is 28.2 Å². The maximum atomic E-state index is 12.4. The first-order valence-electron chi connectivity index (χ1n) is 11.0. The lowest BCUT2D eigenvalue weighted by Crippen LogP contribution is -2.25. The van der Waals surface area contributed by atoms with Gasteiger partial charge in [-0.15, -0.1) is 0 Å². The van der Waals surface area contributed by atoms with Crippen LogP contribution in [0.1, 0.15) is 44.6 Å². The summed E-state index contributed by atoms with van der Waals surface area (Å²) in [5, 5.41) is 0. The van der Waals surface area contributed by atoms with Gasteiger partial charge in [-0.1, -0.05) is 12.5 Å². The molecule has 1 atom stereocenters. The molecule has 0 spiro atoms. The molecule has 1 unspecified atom stereocenters. The number of aryl methyl sites for hydroxylation is 1. The minimum absolute atomic E-state index is 0.00898. The second kappa shape index (κ2) is 12.8. The molecule has 2 aromatic rings. The number of unbranched alkanes of at least 4 members (excludes halogenated alkanes) is 1. The molecule has 0 aliphatic carbocycles. The van der Waals surface area contributed by atoms with Crippen LogP contribution in [0.5, 0.6) is 0 Å². The molecule has 8 nitrogen and oxygen atoms in total. The Morgan fingerprint density at radius 1 is 1.00 bits per heavy atom.